The first kappa shape index (κ1) is 21.9. The number of fused-ring (bicyclic) bond motifs is 1. The van der Waals surface area contributed by atoms with E-state index in [0.717, 1.165) is 38.9 Å². The summed E-state index contributed by atoms with van der Waals surface area (Å²) in [5, 5.41) is 6.56. The summed E-state index contributed by atoms with van der Waals surface area (Å²) in [5.74, 6) is -2.60. The summed E-state index contributed by atoms with van der Waals surface area (Å²) in [7, 11) is 1.76. The van der Waals surface area contributed by atoms with Crippen molar-refractivity contribution in [2.75, 3.05) is 18.1 Å². The molecule has 0 aliphatic carbocycles. The molecule has 0 aliphatic rings. The average Bonchev–Trinajstić information content (AvgIpc) is 2.81. The minimum absolute atomic E-state index is 0.0595. The molecule has 0 saturated carbocycles. The van der Waals surface area contributed by atoms with Crippen LogP contribution in [0, 0.1) is 11.6 Å². The van der Waals surface area contributed by atoms with Crippen LogP contribution in [0.25, 0.3) is 10.9 Å². The monoisotopic (exact) mass is 450 g/mol. The van der Waals surface area contributed by atoms with Gasteiger partial charge in [-0.3, -0.25) is 19.1 Å². The van der Waals surface area contributed by atoms with Crippen molar-refractivity contribution in [1.29, 1.82) is 0 Å². The van der Waals surface area contributed by atoms with Crippen molar-refractivity contribution >= 4 is 28.2 Å². The number of rotatable bonds is 6. The Balaban J connectivity index is 1.52. The van der Waals surface area contributed by atoms with Crippen LogP contribution in [0.4, 0.5) is 20.2 Å². The third-order valence-electron chi connectivity index (χ3n) is 5.15. The maximum atomic E-state index is 13.5. The molecular weight excluding hydrogens is 430 g/mol. The first-order valence-electron chi connectivity index (χ1n) is 9.99. The second-order valence-corrected chi connectivity index (χ2v) is 7.36. The Bertz CT molecular complexity index is 1420. The summed E-state index contributed by atoms with van der Waals surface area (Å²) in [5.41, 5.74) is 8.34. The van der Waals surface area contributed by atoms with Gasteiger partial charge in [0, 0.05) is 25.2 Å². The van der Waals surface area contributed by atoms with Gasteiger partial charge < -0.3 is 16.4 Å². The van der Waals surface area contributed by atoms with Crippen LogP contribution in [0.15, 0.2) is 59.9 Å². The topological polar surface area (TPSA) is 115 Å². The Labute approximate surface area is 187 Å². The number of anilines is 2. The third kappa shape index (κ3) is 4.49. The molecule has 0 aliphatic heterocycles. The standard InChI is InChI=1S/C23H20F2N6O2/c1-27-21-15-6-13(3-5-20(15)29-10-19(21)26)8-30-22(32)16-9-28-12-31(23(16)33)11-14-2-4-17(24)18(25)7-14/h2-7,9-10,12H,8,11,26H2,1H3,(H,27,29)(H,30,32). The highest BCUT2D eigenvalue weighted by atomic mass is 19.2. The van der Waals surface area contributed by atoms with Crippen molar-refractivity contribution in [3.05, 3.63) is 93.8 Å². The molecule has 1 amide bonds. The number of pyridine rings is 1. The second kappa shape index (κ2) is 9.03. The normalized spacial score (nSPS) is 10.9. The van der Waals surface area contributed by atoms with E-state index in [1.807, 2.05) is 18.2 Å². The molecule has 4 N–H and O–H groups in total. The first-order valence-corrected chi connectivity index (χ1v) is 9.99. The molecule has 0 bridgehead atoms. The molecule has 2 aromatic heterocycles. The molecule has 0 spiro atoms. The van der Waals surface area contributed by atoms with Gasteiger partial charge in [0.25, 0.3) is 11.5 Å². The quantitative estimate of drug-likeness (QED) is 0.416. The van der Waals surface area contributed by atoms with E-state index < -0.39 is 23.1 Å². The molecule has 168 valence electrons. The number of carbonyl (C=O) groups is 1. The van der Waals surface area contributed by atoms with E-state index in [1.165, 1.54) is 18.6 Å². The van der Waals surface area contributed by atoms with Crippen LogP contribution < -0.4 is 21.9 Å². The summed E-state index contributed by atoms with van der Waals surface area (Å²) in [6.07, 6.45) is 3.98. The zero-order valence-corrected chi connectivity index (χ0v) is 17.6. The van der Waals surface area contributed by atoms with Crippen LogP contribution in [0.3, 0.4) is 0 Å². The minimum atomic E-state index is -1.02. The van der Waals surface area contributed by atoms with Gasteiger partial charge in [0.15, 0.2) is 11.6 Å². The van der Waals surface area contributed by atoms with Gasteiger partial charge in [0.1, 0.15) is 5.56 Å². The Hall–Kier alpha value is -4.34. The van der Waals surface area contributed by atoms with E-state index in [9.17, 15) is 18.4 Å². The molecule has 0 fully saturated rings. The summed E-state index contributed by atoms with van der Waals surface area (Å²) in [4.78, 5) is 33.6. The van der Waals surface area contributed by atoms with Crippen molar-refractivity contribution in [3.63, 3.8) is 0 Å². The van der Waals surface area contributed by atoms with E-state index in [-0.39, 0.29) is 18.7 Å². The largest absolute Gasteiger partial charge is 0.396 e. The molecule has 4 aromatic rings. The fourth-order valence-electron chi connectivity index (χ4n) is 3.48. The van der Waals surface area contributed by atoms with Gasteiger partial charge in [-0.25, -0.2) is 13.8 Å². The SMILES string of the molecule is CNc1c(N)cnc2ccc(CNC(=O)c3cncn(Cc4ccc(F)c(F)c4)c3=O)cc12. The minimum Gasteiger partial charge on any atom is -0.396 e. The molecule has 0 atom stereocenters. The van der Waals surface area contributed by atoms with Crippen LogP contribution in [-0.4, -0.2) is 27.5 Å². The molecule has 2 aromatic carbocycles. The lowest BCUT2D eigenvalue weighted by Gasteiger charge is -2.11. The molecule has 10 heteroatoms. The number of nitrogens with zero attached hydrogens (tertiary/aromatic N) is 3. The highest BCUT2D eigenvalue weighted by Crippen LogP contribution is 2.28. The summed E-state index contributed by atoms with van der Waals surface area (Å²) in [6, 6.07) is 8.82. The highest BCUT2D eigenvalue weighted by Gasteiger charge is 2.14. The van der Waals surface area contributed by atoms with Crippen molar-refractivity contribution in [2.45, 2.75) is 13.1 Å². The number of nitrogen functional groups attached to an aromatic ring is 1. The van der Waals surface area contributed by atoms with Gasteiger partial charge in [-0.1, -0.05) is 12.1 Å². The molecule has 33 heavy (non-hydrogen) atoms. The number of halogens is 2. The number of benzene rings is 2. The Morgan fingerprint density at radius 3 is 2.64 bits per heavy atom. The zero-order valence-electron chi connectivity index (χ0n) is 17.6. The van der Waals surface area contributed by atoms with Gasteiger partial charge in [0.2, 0.25) is 0 Å². The fraction of sp³-hybridized carbons (Fsp3) is 0.130. The van der Waals surface area contributed by atoms with Crippen LogP contribution in [-0.2, 0) is 13.1 Å². The predicted molar refractivity (Wildman–Crippen MR) is 121 cm³/mol. The van der Waals surface area contributed by atoms with Crippen LogP contribution >= 0.6 is 0 Å². The van der Waals surface area contributed by atoms with Crippen molar-refractivity contribution < 1.29 is 13.6 Å². The number of nitrogens with two attached hydrogens (primary N) is 1. The number of hydrogen-bond acceptors (Lipinski definition) is 6. The van der Waals surface area contributed by atoms with Crippen LogP contribution in [0.2, 0.25) is 0 Å². The predicted octanol–water partition coefficient (Wildman–Crippen LogP) is 2.67. The summed E-state index contributed by atoms with van der Waals surface area (Å²) >= 11 is 0. The van der Waals surface area contributed by atoms with Crippen molar-refractivity contribution in [1.82, 2.24) is 19.9 Å². The van der Waals surface area contributed by atoms with E-state index in [4.69, 9.17) is 5.73 Å². The highest BCUT2D eigenvalue weighted by molar-refractivity contribution is 5.97. The molecule has 0 unspecified atom stereocenters. The van der Waals surface area contributed by atoms with E-state index in [1.54, 1.807) is 13.2 Å². The summed E-state index contributed by atoms with van der Waals surface area (Å²) < 4.78 is 27.8. The number of nitrogens with one attached hydrogen (secondary N) is 2. The van der Waals surface area contributed by atoms with Gasteiger partial charge in [-0.2, -0.15) is 0 Å². The van der Waals surface area contributed by atoms with Gasteiger partial charge in [-0.05, 0) is 35.4 Å². The van der Waals surface area contributed by atoms with Gasteiger partial charge in [0.05, 0.1) is 36.0 Å². The number of aromatic nitrogens is 3. The second-order valence-electron chi connectivity index (χ2n) is 7.36. The molecule has 4 rings (SSSR count). The molecule has 0 saturated heterocycles. The van der Waals surface area contributed by atoms with E-state index in [2.05, 4.69) is 20.6 Å². The Morgan fingerprint density at radius 1 is 1.09 bits per heavy atom. The van der Waals surface area contributed by atoms with Crippen molar-refractivity contribution in [3.8, 4) is 0 Å². The molecule has 0 radical (unpaired) electrons. The molecular formula is C23H20F2N6O2. The number of amides is 1. The van der Waals surface area contributed by atoms with Gasteiger partial charge >= 0.3 is 0 Å². The van der Waals surface area contributed by atoms with E-state index >= 15 is 0 Å². The molecule has 8 nitrogen and oxygen atoms in total. The first-order chi connectivity index (χ1) is 15.9. The Morgan fingerprint density at radius 2 is 1.88 bits per heavy atom. The molecule has 2 heterocycles. The summed E-state index contributed by atoms with van der Waals surface area (Å²) in [6.45, 7) is 0.0975. The lowest BCUT2D eigenvalue weighted by molar-refractivity contribution is 0.0948. The average molecular weight is 450 g/mol. The smallest absolute Gasteiger partial charge is 0.266 e. The Kier molecular flexibility index (Phi) is 5.99. The number of hydrogen-bond donors (Lipinski definition) is 3. The van der Waals surface area contributed by atoms with Crippen molar-refractivity contribution in [2.24, 2.45) is 0 Å². The zero-order chi connectivity index (χ0) is 23.5. The number of carbonyl (C=O) groups excluding carboxylic acids is 1. The van der Waals surface area contributed by atoms with Gasteiger partial charge in [-0.15, -0.1) is 0 Å². The van der Waals surface area contributed by atoms with E-state index in [0.29, 0.717) is 11.3 Å². The fourth-order valence-corrected chi connectivity index (χ4v) is 3.48. The van der Waals surface area contributed by atoms with Crippen LogP contribution in [0.1, 0.15) is 21.5 Å². The van der Waals surface area contributed by atoms with Crippen LogP contribution in [0.5, 0.6) is 0 Å². The maximum Gasteiger partial charge on any atom is 0.266 e. The lowest BCUT2D eigenvalue weighted by Crippen LogP contribution is -2.33. The third-order valence-corrected chi connectivity index (χ3v) is 5.15. The maximum absolute atomic E-state index is 13.5. The lowest BCUT2D eigenvalue weighted by atomic mass is 10.1.